The summed E-state index contributed by atoms with van der Waals surface area (Å²) < 4.78 is 6.34. The molecule has 0 unspecified atom stereocenters. The molecular weight excluding hydrogens is 292 g/mol. The third-order valence-corrected chi connectivity index (χ3v) is 6.06. The molecule has 2 aromatic rings. The molecule has 0 N–H and O–H groups in total. The number of hydrogen-bond donors (Lipinski definition) is 0. The van der Waals surface area contributed by atoms with Crippen molar-refractivity contribution >= 4 is 5.57 Å². The van der Waals surface area contributed by atoms with Gasteiger partial charge in [-0.1, -0.05) is 12.1 Å². The van der Waals surface area contributed by atoms with Gasteiger partial charge in [-0.15, -0.1) is 0 Å². The van der Waals surface area contributed by atoms with Crippen LogP contribution in [-0.4, -0.2) is 0 Å². The molecule has 0 atom stereocenters. The van der Waals surface area contributed by atoms with Crippen molar-refractivity contribution in [2.75, 3.05) is 0 Å². The zero-order chi connectivity index (χ0) is 17.8. The van der Waals surface area contributed by atoms with Gasteiger partial charge >= 0.3 is 0 Å². The van der Waals surface area contributed by atoms with Crippen molar-refractivity contribution in [3.05, 3.63) is 68.0 Å². The summed E-state index contributed by atoms with van der Waals surface area (Å²) in [7, 11) is 0. The minimum absolute atomic E-state index is 0.955. The number of hydrogen-bond acceptors (Lipinski definition) is 1. The number of ether oxygens (including phenoxy) is 1. The maximum atomic E-state index is 6.34. The van der Waals surface area contributed by atoms with E-state index in [4.69, 9.17) is 4.74 Å². The van der Waals surface area contributed by atoms with Gasteiger partial charge in [0.2, 0.25) is 0 Å². The fourth-order valence-electron chi connectivity index (χ4n) is 3.74. The van der Waals surface area contributed by atoms with Crippen LogP contribution in [-0.2, 0) is 6.42 Å². The first-order valence-electron chi connectivity index (χ1n) is 8.77. The predicted molar refractivity (Wildman–Crippen MR) is 103 cm³/mol. The van der Waals surface area contributed by atoms with E-state index >= 15 is 0 Å². The van der Waals surface area contributed by atoms with Crippen LogP contribution in [0.25, 0.3) is 5.57 Å². The lowest BCUT2D eigenvalue weighted by molar-refractivity contribution is 0.412. The fraction of sp³-hybridized carbons (Fsp3) is 0.391. The number of aryl methyl sites for hydroxylation is 2. The highest BCUT2D eigenvalue weighted by Gasteiger charge is 2.24. The summed E-state index contributed by atoms with van der Waals surface area (Å²) in [5, 5.41) is 0. The zero-order valence-electron chi connectivity index (χ0n) is 16.3. The van der Waals surface area contributed by atoms with Gasteiger partial charge in [0.1, 0.15) is 11.5 Å². The lowest BCUT2D eigenvalue weighted by atomic mass is 9.85. The quantitative estimate of drug-likeness (QED) is 0.607. The Hall–Kier alpha value is -2.02. The molecule has 1 heterocycles. The molecule has 1 heteroatoms. The fourth-order valence-corrected chi connectivity index (χ4v) is 3.74. The second-order valence-electron chi connectivity index (χ2n) is 7.36. The molecule has 1 aliphatic heterocycles. The highest BCUT2D eigenvalue weighted by atomic mass is 16.5. The molecular formula is C23H28O. The maximum absolute atomic E-state index is 6.34. The summed E-state index contributed by atoms with van der Waals surface area (Å²) in [6, 6.07) is 4.61. The van der Waals surface area contributed by atoms with E-state index in [1.54, 1.807) is 0 Å². The first kappa shape index (κ1) is 16.8. The van der Waals surface area contributed by atoms with E-state index in [0.717, 1.165) is 17.9 Å². The normalized spacial score (nSPS) is 13.8. The third-order valence-electron chi connectivity index (χ3n) is 6.06. The Kier molecular flexibility index (Phi) is 4.07. The summed E-state index contributed by atoms with van der Waals surface area (Å²) in [6.45, 7) is 17.5. The maximum Gasteiger partial charge on any atom is 0.133 e. The Balaban J connectivity index is 2.16. The number of benzene rings is 2. The van der Waals surface area contributed by atoms with E-state index in [2.05, 4.69) is 67.5 Å². The van der Waals surface area contributed by atoms with Crippen LogP contribution in [0, 0.1) is 48.5 Å². The smallest absolute Gasteiger partial charge is 0.133 e. The Morgan fingerprint density at radius 2 is 1.21 bits per heavy atom. The summed E-state index contributed by atoms with van der Waals surface area (Å²) in [6.07, 6.45) is 0.955. The third kappa shape index (κ3) is 2.47. The van der Waals surface area contributed by atoms with Crippen LogP contribution in [0.2, 0.25) is 0 Å². The first-order valence-corrected chi connectivity index (χ1v) is 8.77. The molecule has 126 valence electrons. The van der Waals surface area contributed by atoms with Gasteiger partial charge in [-0.25, -0.2) is 0 Å². The van der Waals surface area contributed by atoms with Gasteiger partial charge in [0.05, 0.1) is 0 Å². The first-order chi connectivity index (χ1) is 11.2. The standard InChI is InChI=1S/C23H28O/c1-12-9-20(10-13(2)14(12)3)22-11-21-17(6)15(4)16(5)18(7)23(21)24-19(22)8/h9-10H,11H2,1-8H3. The van der Waals surface area contributed by atoms with E-state index in [1.165, 1.54) is 55.6 Å². The Morgan fingerprint density at radius 1 is 0.667 bits per heavy atom. The topological polar surface area (TPSA) is 9.23 Å². The lowest BCUT2D eigenvalue weighted by Gasteiger charge is -2.28. The van der Waals surface area contributed by atoms with E-state index in [1.807, 2.05) is 0 Å². The molecule has 0 spiro atoms. The van der Waals surface area contributed by atoms with Crippen molar-refractivity contribution in [2.24, 2.45) is 0 Å². The molecule has 0 radical (unpaired) electrons. The Labute approximate surface area is 146 Å². The number of allylic oxidation sites excluding steroid dienone is 2. The van der Waals surface area contributed by atoms with Crippen LogP contribution in [0.15, 0.2) is 17.9 Å². The van der Waals surface area contributed by atoms with Gasteiger partial charge < -0.3 is 4.74 Å². The summed E-state index contributed by atoms with van der Waals surface area (Å²) >= 11 is 0. The molecule has 1 aliphatic rings. The highest BCUT2D eigenvalue weighted by Crippen LogP contribution is 2.41. The van der Waals surface area contributed by atoms with Crippen molar-refractivity contribution in [2.45, 2.75) is 61.8 Å². The molecule has 0 saturated carbocycles. The molecule has 3 rings (SSSR count). The largest absolute Gasteiger partial charge is 0.461 e. The molecule has 0 aliphatic carbocycles. The average Bonchev–Trinajstić information content (AvgIpc) is 2.55. The molecule has 0 saturated heterocycles. The van der Waals surface area contributed by atoms with Crippen LogP contribution < -0.4 is 4.74 Å². The van der Waals surface area contributed by atoms with E-state index in [9.17, 15) is 0 Å². The van der Waals surface area contributed by atoms with Crippen LogP contribution in [0.1, 0.15) is 57.0 Å². The second kappa shape index (κ2) is 5.81. The average molecular weight is 320 g/mol. The van der Waals surface area contributed by atoms with Crippen molar-refractivity contribution in [1.82, 2.24) is 0 Å². The van der Waals surface area contributed by atoms with Crippen LogP contribution in [0.3, 0.4) is 0 Å². The molecule has 0 amide bonds. The number of fused-ring (bicyclic) bond motifs is 1. The van der Waals surface area contributed by atoms with E-state index < -0.39 is 0 Å². The summed E-state index contributed by atoms with van der Waals surface area (Å²) in [5.41, 5.74) is 13.5. The molecule has 0 aromatic heterocycles. The van der Waals surface area contributed by atoms with E-state index in [-0.39, 0.29) is 0 Å². The van der Waals surface area contributed by atoms with Crippen LogP contribution >= 0.6 is 0 Å². The van der Waals surface area contributed by atoms with Gasteiger partial charge in [-0.05, 0) is 99.9 Å². The van der Waals surface area contributed by atoms with Gasteiger partial charge in [0, 0.05) is 17.6 Å². The van der Waals surface area contributed by atoms with Gasteiger partial charge in [0.15, 0.2) is 0 Å². The molecule has 2 aromatic carbocycles. The minimum Gasteiger partial charge on any atom is -0.461 e. The van der Waals surface area contributed by atoms with Crippen molar-refractivity contribution < 1.29 is 4.74 Å². The van der Waals surface area contributed by atoms with Crippen LogP contribution in [0.5, 0.6) is 5.75 Å². The van der Waals surface area contributed by atoms with Crippen LogP contribution in [0.4, 0.5) is 0 Å². The SMILES string of the molecule is CC1=C(c2cc(C)c(C)c(C)c2)Cc2c(C)c(C)c(C)c(C)c2O1. The predicted octanol–water partition coefficient (Wildman–Crippen LogP) is 6.21. The lowest BCUT2D eigenvalue weighted by Crippen LogP contribution is -2.13. The second-order valence-corrected chi connectivity index (χ2v) is 7.36. The molecule has 0 bridgehead atoms. The molecule has 0 fully saturated rings. The zero-order valence-corrected chi connectivity index (χ0v) is 16.3. The summed E-state index contributed by atoms with van der Waals surface area (Å²) in [5.74, 6) is 2.12. The Bertz CT molecular complexity index is 859. The minimum atomic E-state index is 0.955. The van der Waals surface area contributed by atoms with Crippen molar-refractivity contribution in [3.8, 4) is 5.75 Å². The van der Waals surface area contributed by atoms with Gasteiger partial charge in [-0.2, -0.15) is 0 Å². The monoisotopic (exact) mass is 320 g/mol. The van der Waals surface area contributed by atoms with Crippen molar-refractivity contribution in [3.63, 3.8) is 0 Å². The van der Waals surface area contributed by atoms with Gasteiger partial charge in [-0.3, -0.25) is 0 Å². The Morgan fingerprint density at radius 3 is 1.79 bits per heavy atom. The van der Waals surface area contributed by atoms with Crippen molar-refractivity contribution in [1.29, 1.82) is 0 Å². The summed E-state index contributed by atoms with van der Waals surface area (Å²) in [4.78, 5) is 0. The highest BCUT2D eigenvalue weighted by molar-refractivity contribution is 5.75. The van der Waals surface area contributed by atoms with E-state index in [0.29, 0.717) is 0 Å². The molecule has 24 heavy (non-hydrogen) atoms. The number of rotatable bonds is 1. The van der Waals surface area contributed by atoms with Gasteiger partial charge in [0.25, 0.3) is 0 Å². The molecule has 1 nitrogen and oxygen atoms in total.